The van der Waals surface area contributed by atoms with Crippen molar-refractivity contribution in [1.82, 2.24) is 15.3 Å². The number of hydrogen-bond acceptors (Lipinski definition) is 3. The van der Waals surface area contributed by atoms with Crippen LogP contribution in [-0.2, 0) is 6.42 Å². The van der Waals surface area contributed by atoms with Gasteiger partial charge in [-0.1, -0.05) is 13.8 Å². The smallest absolute Gasteiger partial charge is 0.132 e. The van der Waals surface area contributed by atoms with Gasteiger partial charge < -0.3 is 5.32 Å². The molecule has 3 heteroatoms. The van der Waals surface area contributed by atoms with E-state index < -0.39 is 0 Å². The lowest BCUT2D eigenvalue weighted by molar-refractivity contribution is 0.605. The number of aryl methyl sites for hydroxylation is 2. The summed E-state index contributed by atoms with van der Waals surface area (Å²) in [6.07, 6.45) is 2.24. The maximum atomic E-state index is 4.71. The molecule has 1 heterocycles. The summed E-state index contributed by atoms with van der Waals surface area (Å²) in [5.41, 5.74) is 4.03. The van der Waals surface area contributed by atoms with E-state index in [1.54, 1.807) is 0 Å². The average Bonchev–Trinajstić information content (AvgIpc) is 2.86. The zero-order valence-electron chi connectivity index (χ0n) is 11.6. The Bertz CT molecular complexity index is 400. The zero-order valence-corrected chi connectivity index (χ0v) is 11.6. The van der Waals surface area contributed by atoms with Crippen molar-refractivity contribution in [1.29, 1.82) is 0 Å². The third kappa shape index (κ3) is 2.49. The second-order valence-electron chi connectivity index (χ2n) is 5.83. The number of aromatic nitrogens is 2. The molecule has 1 aliphatic carbocycles. The fraction of sp³-hybridized carbons (Fsp3) is 0.714. The first-order chi connectivity index (χ1) is 7.95. The van der Waals surface area contributed by atoms with Crippen LogP contribution in [0.1, 0.15) is 49.0 Å². The second-order valence-corrected chi connectivity index (χ2v) is 5.83. The molecule has 0 spiro atoms. The summed E-state index contributed by atoms with van der Waals surface area (Å²) in [5, 5.41) is 3.18. The Morgan fingerprint density at radius 3 is 2.18 bits per heavy atom. The Morgan fingerprint density at radius 2 is 1.76 bits per heavy atom. The van der Waals surface area contributed by atoms with Gasteiger partial charge in [0.25, 0.3) is 0 Å². The van der Waals surface area contributed by atoms with Gasteiger partial charge in [0, 0.05) is 17.3 Å². The predicted molar refractivity (Wildman–Crippen MR) is 70.3 cm³/mol. The molecule has 0 amide bonds. The summed E-state index contributed by atoms with van der Waals surface area (Å²) in [7, 11) is 1.98. The lowest BCUT2D eigenvalue weighted by Gasteiger charge is -2.11. The maximum Gasteiger partial charge on any atom is 0.132 e. The highest BCUT2D eigenvalue weighted by Gasteiger charge is 2.48. The molecule has 94 valence electrons. The van der Waals surface area contributed by atoms with Crippen LogP contribution in [-0.4, -0.2) is 23.6 Å². The molecule has 1 N–H and O–H groups in total. The lowest BCUT2D eigenvalue weighted by atomic mass is 10.1. The molecule has 3 nitrogen and oxygen atoms in total. The predicted octanol–water partition coefficient (Wildman–Crippen LogP) is 2.37. The highest BCUT2D eigenvalue weighted by Crippen LogP contribution is 2.57. The van der Waals surface area contributed by atoms with Gasteiger partial charge >= 0.3 is 0 Å². The first kappa shape index (κ1) is 12.5. The maximum absolute atomic E-state index is 4.71. The molecule has 0 radical (unpaired) electrons. The van der Waals surface area contributed by atoms with Crippen molar-refractivity contribution >= 4 is 0 Å². The van der Waals surface area contributed by atoms with Gasteiger partial charge in [-0.15, -0.1) is 0 Å². The van der Waals surface area contributed by atoms with Gasteiger partial charge in [-0.3, -0.25) is 0 Å². The van der Waals surface area contributed by atoms with Gasteiger partial charge in [0.1, 0.15) is 5.82 Å². The molecule has 0 bridgehead atoms. The first-order valence-electron chi connectivity index (χ1n) is 6.44. The van der Waals surface area contributed by atoms with Crippen LogP contribution < -0.4 is 5.32 Å². The molecule has 1 fully saturated rings. The van der Waals surface area contributed by atoms with E-state index in [0.717, 1.165) is 30.2 Å². The van der Waals surface area contributed by atoms with E-state index in [1.807, 2.05) is 7.05 Å². The number of rotatable bonds is 4. The van der Waals surface area contributed by atoms with Gasteiger partial charge in [-0.25, -0.2) is 9.97 Å². The minimum absolute atomic E-state index is 0.408. The van der Waals surface area contributed by atoms with E-state index in [1.165, 1.54) is 12.0 Å². The Labute approximate surface area is 104 Å². The van der Waals surface area contributed by atoms with Crippen LogP contribution in [0.15, 0.2) is 0 Å². The van der Waals surface area contributed by atoms with Crippen molar-refractivity contribution in [2.75, 3.05) is 13.6 Å². The summed E-state index contributed by atoms with van der Waals surface area (Å²) < 4.78 is 0. The molecular formula is C14H23N3. The van der Waals surface area contributed by atoms with E-state index >= 15 is 0 Å². The quantitative estimate of drug-likeness (QED) is 0.867. The average molecular weight is 233 g/mol. The van der Waals surface area contributed by atoms with Crippen molar-refractivity contribution in [3.63, 3.8) is 0 Å². The van der Waals surface area contributed by atoms with E-state index in [4.69, 9.17) is 9.97 Å². The van der Waals surface area contributed by atoms with Gasteiger partial charge in [0.15, 0.2) is 0 Å². The molecular weight excluding hydrogens is 210 g/mol. The molecule has 2 rings (SSSR count). The SMILES string of the molecule is CNCCc1c(C)nc(C2CC2(C)C)nc1C. The molecule has 0 aromatic carbocycles. The molecule has 1 aromatic heterocycles. The fourth-order valence-corrected chi connectivity index (χ4v) is 2.44. The first-order valence-corrected chi connectivity index (χ1v) is 6.44. The monoisotopic (exact) mass is 233 g/mol. The van der Waals surface area contributed by atoms with Crippen molar-refractivity contribution in [3.8, 4) is 0 Å². The van der Waals surface area contributed by atoms with E-state index in [0.29, 0.717) is 11.3 Å². The van der Waals surface area contributed by atoms with Gasteiger partial charge in [0.05, 0.1) is 0 Å². The third-order valence-electron chi connectivity index (χ3n) is 3.89. The molecule has 0 aliphatic heterocycles. The summed E-state index contributed by atoms with van der Waals surface area (Å²) in [6.45, 7) is 9.79. The van der Waals surface area contributed by atoms with Crippen LogP contribution in [0.4, 0.5) is 0 Å². The van der Waals surface area contributed by atoms with E-state index in [-0.39, 0.29) is 0 Å². The summed E-state index contributed by atoms with van der Waals surface area (Å²) in [5.74, 6) is 1.62. The Kier molecular flexibility index (Phi) is 3.21. The van der Waals surface area contributed by atoms with Crippen molar-refractivity contribution in [3.05, 3.63) is 22.8 Å². The highest BCUT2D eigenvalue weighted by molar-refractivity contribution is 5.28. The summed E-state index contributed by atoms with van der Waals surface area (Å²) >= 11 is 0. The van der Waals surface area contributed by atoms with Gasteiger partial charge in [-0.2, -0.15) is 0 Å². The van der Waals surface area contributed by atoms with E-state index in [2.05, 4.69) is 33.0 Å². The second kappa shape index (κ2) is 4.37. The standard InChI is InChI=1S/C14H23N3/c1-9-11(6-7-15-5)10(2)17-13(16-9)12-8-14(12,3)4/h12,15H,6-8H2,1-5H3. The van der Waals surface area contributed by atoms with Crippen LogP contribution in [0.3, 0.4) is 0 Å². The molecule has 1 atom stereocenters. The molecule has 0 saturated heterocycles. The molecule has 1 saturated carbocycles. The van der Waals surface area contributed by atoms with Gasteiger partial charge in [-0.05, 0) is 51.3 Å². The number of hydrogen-bond donors (Lipinski definition) is 1. The molecule has 1 aliphatic rings. The summed E-state index contributed by atoms with van der Waals surface area (Å²) in [6, 6.07) is 0. The topological polar surface area (TPSA) is 37.8 Å². The highest BCUT2D eigenvalue weighted by atomic mass is 14.9. The van der Waals surface area contributed by atoms with Crippen molar-refractivity contribution < 1.29 is 0 Å². The normalized spacial score (nSPS) is 21.6. The van der Waals surface area contributed by atoms with Crippen LogP contribution in [0.5, 0.6) is 0 Å². The van der Waals surface area contributed by atoms with Crippen LogP contribution in [0, 0.1) is 19.3 Å². The zero-order chi connectivity index (χ0) is 12.6. The number of likely N-dealkylation sites (N-methyl/N-ethyl adjacent to an activating group) is 1. The summed E-state index contributed by atoms with van der Waals surface area (Å²) in [4.78, 5) is 9.41. The largest absolute Gasteiger partial charge is 0.319 e. The fourth-order valence-electron chi connectivity index (χ4n) is 2.44. The van der Waals surface area contributed by atoms with Crippen molar-refractivity contribution in [2.24, 2.45) is 5.41 Å². The molecule has 1 unspecified atom stereocenters. The Balaban J connectivity index is 2.23. The Hall–Kier alpha value is -0.960. The lowest BCUT2D eigenvalue weighted by Crippen LogP contribution is -2.14. The van der Waals surface area contributed by atoms with Crippen LogP contribution in [0.25, 0.3) is 0 Å². The van der Waals surface area contributed by atoms with Crippen LogP contribution >= 0.6 is 0 Å². The number of nitrogens with one attached hydrogen (secondary N) is 1. The van der Waals surface area contributed by atoms with Crippen LogP contribution in [0.2, 0.25) is 0 Å². The number of nitrogens with zero attached hydrogens (tertiary/aromatic N) is 2. The molecule has 1 aromatic rings. The van der Waals surface area contributed by atoms with E-state index in [9.17, 15) is 0 Å². The van der Waals surface area contributed by atoms with Gasteiger partial charge in [0.2, 0.25) is 0 Å². The minimum Gasteiger partial charge on any atom is -0.319 e. The third-order valence-corrected chi connectivity index (χ3v) is 3.89. The minimum atomic E-state index is 0.408. The Morgan fingerprint density at radius 1 is 1.24 bits per heavy atom. The molecule has 17 heavy (non-hydrogen) atoms. The van der Waals surface area contributed by atoms with Crippen molar-refractivity contribution in [2.45, 2.75) is 46.5 Å².